The molecule has 2 aromatic carbocycles. The van der Waals surface area contributed by atoms with Gasteiger partial charge in [-0.25, -0.2) is 4.79 Å². The number of esters is 1. The van der Waals surface area contributed by atoms with Crippen molar-refractivity contribution >= 4 is 11.8 Å². The maximum Gasteiger partial charge on any atom is 0.336 e. The van der Waals surface area contributed by atoms with E-state index >= 15 is 0 Å². The Bertz CT molecular complexity index is 1310. The molecule has 2 atom stereocenters. The molecule has 2 aromatic rings. The molecular formula is C30H35NO8. The predicted molar refractivity (Wildman–Crippen MR) is 145 cm³/mol. The molecule has 208 valence electrons. The van der Waals surface area contributed by atoms with Crippen LogP contribution in [0.4, 0.5) is 0 Å². The summed E-state index contributed by atoms with van der Waals surface area (Å²) in [6.45, 7) is 2.18. The zero-order valence-corrected chi connectivity index (χ0v) is 23.2. The zero-order chi connectivity index (χ0) is 28.1. The molecule has 0 bridgehead atoms. The average Bonchev–Trinajstić information content (AvgIpc) is 2.95. The molecule has 1 aliphatic heterocycles. The standard InChI is InChI=1S/C30H35NO8/c1-17-27(30(33)39-12-11-34-2)28(21-16-20(35-3)8-10-24(21)36-4)29-22(31-17)13-19(14-23(29)32)18-7-9-25(37-5)26(15-18)38-6/h7-10,15-16,19,28,31H,11-14H2,1-6H3/t19-,28+/m1/s1. The number of Topliss-reactive ketones (excluding diaryl/α,β-unsaturated/α-hetero) is 1. The minimum absolute atomic E-state index is 0.0619. The van der Waals surface area contributed by atoms with Crippen LogP contribution in [0.5, 0.6) is 23.0 Å². The first-order valence-electron chi connectivity index (χ1n) is 12.7. The molecule has 1 aliphatic carbocycles. The molecule has 0 spiro atoms. The van der Waals surface area contributed by atoms with Crippen LogP contribution in [0, 0.1) is 0 Å². The third-order valence-electron chi connectivity index (χ3n) is 7.19. The first-order chi connectivity index (χ1) is 18.9. The fourth-order valence-corrected chi connectivity index (χ4v) is 5.32. The highest BCUT2D eigenvalue weighted by Crippen LogP contribution is 2.49. The molecule has 39 heavy (non-hydrogen) atoms. The van der Waals surface area contributed by atoms with Gasteiger partial charge in [-0.1, -0.05) is 6.07 Å². The third kappa shape index (κ3) is 5.59. The smallest absolute Gasteiger partial charge is 0.336 e. The quantitative estimate of drug-likeness (QED) is 0.352. The summed E-state index contributed by atoms with van der Waals surface area (Å²) in [4.78, 5) is 27.4. The highest BCUT2D eigenvalue weighted by atomic mass is 16.6. The van der Waals surface area contributed by atoms with Crippen molar-refractivity contribution in [2.75, 3.05) is 48.8 Å². The van der Waals surface area contributed by atoms with Crippen LogP contribution in [-0.4, -0.2) is 60.5 Å². The average molecular weight is 538 g/mol. The number of ketones is 1. The van der Waals surface area contributed by atoms with E-state index in [2.05, 4.69) is 5.32 Å². The number of ether oxygens (including phenoxy) is 6. The van der Waals surface area contributed by atoms with Gasteiger partial charge in [0, 0.05) is 36.1 Å². The minimum Gasteiger partial charge on any atom is -0.497 e. The fourth-order valence-electron chi connectivity index (χ4n) is 5.32. The summed E-state index contributed by atoms with van der Waals surface area (Å²) in [6.07, 6.45) is 0.840. The molecule has 0 amide bonds. The number of nitrogens with one attached hydrogen (secondary N) is 1. The predicted octanol–water partition coefficient (Wildman–Crippen LogP) is 4.27. The number of carbonyl (C=O) groups is 2. The lowest BCUT2D eigenvalue weighted by Gasteiger charge is -2.37. The Morgan fingerprint density at radius 2 is 1.59 bits per heavy atom. The van der Waals surface area contributed by atoms with E-state index in [4.69, 9.17) is 28.4 Å². The fraction of sp³-hybridized carbons (Fsp3) is 0.400. The second kappa shape index (κ2) is 12.3. The van der Waals surface area contributed by atoms with Crippen LogP contribution < -0.4 is 24.3 Å². The Morgan fingerprint density at radius 1 is 0.872 bits per heavy atom. The Kier molecular flexibility index (Phi) is 8.81. The van der Waals surface area contributed by atoms with Crippen LogP contribution in [0.1, 0.15) is 42.7 Å². The number of carbonyl (C=O) groups excluding carboxylic acids is 2. The van der Waals surface area contributed by atoms with Crippen molar-refractivity contribution in [3.63, 3.8) is 0 Å². The lowest BCUT2D eigenvalue weighted by atomic mass is 9.71. The Morgan fingerprint density at radius 3 is 2.26 bits per heavy atom. The number of rotatable bonds is 10. The minimum atomic E-state index is -0.694. The first kappa shape index (κ1) is 28.0. The maximum absolute atomic E-state index is 13.9. The third-order valence-corrected chi connectivity index (χ3v) is 7.19. The molecule has 4 rings (SSSR count). The molecule has 1 heterocycles. The maximum atomic E-state index is 13.9. The topological polar surface area (TPSA) is 102 Å². The van der Waals surface area contributed by atoms with Gasteiger partial charge >= 0.3 is 5.97 Å². The Balaban J connectivity index is 1.81. The van der Waals surface area contributed by atoms with Crippen molar-refractivity contribution < 1.29 is 38.0 Å². The summed E-state index contributed by atoms with van der Waals surface area (Å²) in [5.41, 5.74) is 3.90. The lowest BCUT2D eigenvalue weighted by Crippen LogP contribution is -2.36. The normalized spacial score (nSPS) is 18.8. The molecule has 9 heteroatoms. The van der Waals surface area contributed by atoms with E-state index in [-0.39, 0.29) is 31.3 Å². The molecule has 1 N–H and O–H groups in total. The van der Waals surface area contributed by atoms with Gasteiger partial charge in [0.15, 0.2) is 17.3 Å². The summed E-state index contributed by atoms with van der Waals surface area (Å²) in [6, 6.07) is 11.1. The largest absolute Gasteiger partial charge is 0.497 e. The molecule has 0 unspecified atom stereocenters. The Labute approximate surface area is 228 Å². The summed E-state index contributed by atoms with van der Waals surface area (Å²) in [5, 5.41) is 3.37. The lowest BCUT2D eigenvalue weighted by molar-refractivity contribution is -0.140. The molecular weight excluding hydrogens is 502 g/mol. The van der Waals surface area contributed by atoms with E-state index in [1.165, 1.54) is 7.11 Å². The van der Waals surface area contributed by atoms with E-state index in [1.807, 2.05) is 31.2 Å². The van der Waals surface area contributed by atoms with Gasteiger partial charge in [-0.2, -0.15) is 0 Å². The van der Waals surface area contributed by atoms with Gasteiger partial charge < -0.3 is 33.7 Å². The van der Waals surface area contributed by atoms with E-state index < -0.39 is 11.9 Å². The van der Waals surface area contributed by atoms with E-state index in [0.717, 1.165) is 11.3 Å². The number of dihydropyridines is 1. The van der Waals surface area contributed by atoms with Gasteiger partial charge in [0.2, 0.25) is 0 Å². The van der Waals surface area contributed by atoms with E-state index in [0.29, 0.717) is 51.8 Å². The summed E-state index contributed by atoms with van der Waals surface area (Å²) >= 11 is 0. The zero-order valence-electron chi connectivity index (χ0n) is 23.2. The van der Waals surface area contributed by atoms with E-state index in [9.17, 15) is 9.59 Å². The molecule has 0 aromatic heterocycles. The van der Waals surface area contributed by atoms with Crippen molar-refractivity contribution in [3.8, 4) is 23.0 Å². The Hall–Kier alpha value is -3.98. The van der Waals surface area contributed by atoms with Crippen molar-refractivity contribution in [1.82, 2.24) is 5.32 Å². The molecule has 0 radical (unpaired) electrons. The molecule has 2 aliphatic rings. The van der Waals surface area contributed by atoms with Gasteiger partial charge in [-0.15, -0.1) is 0 Å². The van der Waals surface area contributed by atoms with Gasteiger partial charge in [0.25, 0.3) is 0 Å². The van der Waals surface area contributed by atoms with Crippen LogP contribution in [0.2, 0.25) is 0 Å². The van der Waals surface area contributed by atoms with Crippen LogP contribution in [-0.2, 0) is 19.1 Å². The first-order valence-corrected chi connectivity index (χ1v) is 12.7. The number of benzene rings is 2. The second-order valence-electron chi connectivity index (χ2n) is 9.37. The SMILES string of the molecule is COCCOC(=O)C1=C(C)NC2=C(C(=O)C[C@H](c3ccc(OC)c(OC)c3)C2)[C@H]1c1cc(OC)ccc1OC. The molecule has 0 saturated carbocycles. The van der Waals surface area contributed by atoms with Crippen molar-refractivity contribution in [1.29, 1.82) is 0 Å². The second-order valence-corrected chi connectivity index (χ2v) is 9.37. The number of methoxy groups -OCH3 is 5. The van der Waals surface area contributed by atoms with E-state index in [1.54, 1.807) is 40.6 Å². The van der Waals surface area contributed by atoms with Crippen molar-refractivity contribution in [2.45, 2.75) is 31.6 Å². The number of allylic oxidation sites excluding steroid dienone is 3. The van der Waals surface area contributed by atoms with Gasteiger partial charge in [-0.05, 0) is 55.2 Å². The van der Waals surface area contributed by atoms with Crippen LogP contribution in [0.25, 0.3) is 0 Å². The molecule has 9 nitrogen and oxygen atoms in total. The van der Waals surface area contributed by atoms with Crippen molar-refractivity contribution in [3.05, 3.63) is 70.1 Å². The van der Waals surface area contributed by atoms with Crippen molar-refractivity contribution in [2.24, 2.45) is 0 Å². The summed E-state index contributed by atoms with van der Waals surface area (Å²) < 4.78 is 32.6. The summed E-state index contributed by atoms with van der Waals surface area (Å²) in [5.74, 6) is 0.998. The van der Waals surface area contributed by atoms with Gasteiger partial charge in [0.05, 0.1) is 46.5 Å². The van der Waals surface area contributed by atoms with Crippen LogP contribution in [0.3, 0.4) is 0 Å². The van der Waals surface area contributed by atoms with Gasteiger partial charge in [0.1, 0.15) is 18.1 Å². The monoisotopic (exact) mass is 537 g/mol. The van der Waals surface area contributed by atoms with Crippen LogP contribution >= 0.6 is 0 Å². The molecule has 0 saturated heterocycles. The number of hydrogen-bond donors (Lipinski definition) is 1. The number of hydrogen-bond acceptors (Lipinski definition) is 9. The molecule has 0 fully saturated rings. The summed E-state index contributed by atoms with van der Waals surface area (Å²) in [7, 11) is 7.84. The highest BCUT2D eigenvalue weighted by molar-refractivity contribution is 6.04. The van der Waals surface area contributed by atoms with Crippen LogP contribution in [0.15, 0.2) is 58.9 Å². The van der Waals surface area contributed by atoms with Gasteiger partial charge in [-0.3, -0.25) is 4.79 Å². The highest BCUT2D eigenvalue weighted by Gasteiger charge is 2.42.